The number of aromatic nitrogens is 1. The first-order valence-electron chi connectivity index (χ1n) is 7.78. The van der Waals surface area contributed by atoms with Crippen molar-refractivity contribution in [3.05, 3.63) is 30.5 Å². The lowest BCUT2D eigenvalue weighted by Gasteiger charge is -2.11. The quantitative estimate of drug-likeness (QED) is 0.720. The molecule has 0 aliphatic carbocycles. The molecular weight excluding hydrogens is 262 g/mol. The molecule has 0 aliphatic heterocycles. The zero-order valence-corrected chi connectivity index (χ0v) is 13.4. The molecule has 4 nitrogen and oxygen atoms in total. The van der Waals surface area contributed by atoms with Crippen molar-refractivity contribution in [1.82, 2.24) is 14.8 Å². The molecule has 1 N–H and O–H groups in total. The lowest BCUT2D eigenvalue weighted by molar-refractivity contribution is 0.321. The molecular formula is C17H27N3O. The predicted molar refractivity (Wildman–Crippen MR) is 89.1 cm³/mol. The summed E-state index contributed by atoms with van der Waals surface area (Å²) in [5.41, 5.74) is 1.25. The van der Waals surface area contributed by atoms with Gasteiger partial charge in [-0.15, -0.1) is 0 Å². The number of nitrogens with zero attached hydrogens (tertiary/aromatic N) is 2. The van der Waals surface area contributed by atoms with Gasteiger partial charge in [-0.3, -0.25) is 0 Å². The standard InChI is InChI=1S/C17H27N3O/c1-4-14-21-17-7-5-6-16-15(17)8-11-20(16)13-10-18-9-12-19(2)3/h5-8,11,18H,4,9-10,12-14H2,1-3H3. The summed E-state index contributed by atoms with van der Waals surface area (Å²) in [5.74, 6) is 0.994. The Morgan fingerprint density at radius 1 is 1.19 bits per heavy atom. The Morgan fingerprint density at radius 3 is 2.81 bits per heavy atom. The molecule has 0 fully saturated rings. The summed E-state index contributed by atoms with van der Waals surface area (Å²) in [6, 6.07) is 8.44. The number of ether oxygens (including phenoxy) is 1. The van der Waals surface area contributed by atoms with E-state index < -0.39 is 0 Å². The van der Waals surface area contributed by atoms with Crippen LogP contribution >= 0.6 is 0 Å². The maximum Gasteiger partial charge on any atom is 0.128 e. The Balaban J connectivity index is 1.95. The Hall–Kier alpha value is -1.52. The number of nitrogens with one attached hydrogen (secondary N) is 1. The van der Waals surface area contributed by atoms with E-state index in [9.17, 15) is 0 Å². The summed E-state index contributed by atoms with van der Waals surface area (Å²) in [7, 11) is 4.19. The second-order valence-corrected chi connectivity index (χ2v) is 5.60. The highest BCUT2D eigenvalue weighted by atomic mass is 16.5. The van der Waals surface area contributed by atoms with Crippen LogP contribution in [0.25, 0.3) is 10.9 Å². The molecule has 0 saturated carbocycles. The van der Waals surface area contributed by atoms with Gasteiger partial charge in [0.25, 0.3) is 0 Å². The molecule has 1 aromatic carbocycles. The summed E-state index contributed by atoms with van der Waals surface area (Å²) < 4.78 is 8.11. The van der Waals surface area contributed by atoms with Gasteiger partial charge in [0, 0.05) is 37.8 Å². The fraction of sp³-hybridized carbons (Fsp3) is 0.529. The number of rotatable bonds is 9. The Kier molecular flexibility index (Phi) is 6.08. The maximum absolute atomic E-state index is 5.82. The molecule has 0 amide bonds. The first-order chi connectivity index (χ1) is 10.2. The zero-order chi connectivity index (χ0) is 15.1. The molecule has 1 aromatic heterocycles. The molecule has 4 heteroatoms. The third kappa shape index (κ3) is 4.48. The zero-order valence-electron chi connectivity index (χ0n) is 13.4. The van der Waals surface area contributed by atoms with E-state index in [1.54, 1.807) is 0 Å². The minimum absolute atomic E-state index is 0.774. The van der Waals surface area contributed by atoms with Gasteiger partial charge in [0.05, 0.1) is 12.1 Å². The van der Waals surface area contributed by atoms with Crippen molar-refractivity contribution in [2.24, 2.45) is 0 Å². The second kappa shape index (κ2) is 8.05. The van der Waals surface area contributed by atoms with E-state index in [-0.39, 0.29) is 0 Å². The highest BCUT2D eigenvalue weighted by Gasteiger charge is 2.06. The number of hydrogen-bond donors (Lipinski definition) is 1. The Labute approximate surface area is 127 Å². The predicted octanol–water partition coefficient (Wildman–Crippen LogP) is 2.58. The highest BCUT2D eigenvalue weighted by Crippen LogP contribution is 2.26. The van der Waals surface area contributed by atoms with Crippen LogP contribution in [-0.4, -0.2) is 49.8 Å². The van der Waals surface area contributed by atoms with Crippen LogP contribution in [0.1, 0.15) is 13.3 Å². The van der Waals surface area contributed by atoms with Crippen LogP contribution in [0.2, 0.25) is 0 Å². The fourth-order valence-electron chi connectivity index (χ4n) is 2.36. The van der Waals surface area contributed by atoms with Crippen molar-refractivity contribution in [1.29, 1.82) is 0 Å². The fourth-order valence-corrected chi connectivity index (χ4v) is 2.36. The molecule has 0 atom stereocenters. The Bertz CT molecular complexity index is 548. The van der Waals surface area contributed by atoms with E-state index in [0.717, 1.165) is 45.0 Å². The first-order valence-corrected chi connectivity index (χ1v) is 7.78. The molecule has 0 spiro atoms. The van der Waals surface area contributed by atoms with Gasteiger partial charge in [0.2, 0.25) is 0 Å². The summed E-state index contributed by atoms with van der Waals surface area (Å²) in [6.07, 6.45) is 3.18. The van der Waals surface area contributed by atoms with Gasteiger partial charge in [0.1, 0.15) is 5.75 Å². The van der Waals surface area contributed by atoms with Crippen molar-refractivity contribution in [3.63, 3.8) is 0 Å². The molecule has 0 aliphatic rings. The van der Waals surface area contributed by atoms with Crippen LogP contribution in [0.5, 0.6) is 5.75 Å². The van der Waals surface area contributed by atoms with Crippen LogP contribution in [0, 0.1) is 0 Å². The largest absolute Gasteiger partial charge is 0.493 e. The molecule has 2 aromatic rings. The van der Waals surface area contributed by atoms with Gasteiger partial charge >= 0.3 is 0 Å². The average molecular weight is 289 g/mol. The number of hydrogen-bond acceptors (Lipinski definition) is 3. The molecule has 0 radical (unpaired) electrons. The first kappa shape index (κ1) is 15.9. The van der Waals surface area contributed by atoms with E-state index in [4.69, 9.17) is 4.74 Å². The minimum atomic E-state index is 0.774. The monoisotopic (exact) mass is 289 g/mol. The van der Waals surface area contributed by atoms with Crippen LogP contribution < -0.4 is 10.1 Å². The van der Waals surface area contributed by atoms with Gasteiger partial charge < -0.3 is 19.5 Å². The summed E-state index contributed by atoms with van der Waals surface area (Å²) in [6.45, 7) is 6.96. The third-order valence-electron chi connectivity index (χ3n) is 3.50. The second-order valence-electron chi connectivity index (χ2n) is 5.60. The number of fused-ring (bicyclic) bond motifs is 1. The van der Waals surface area contributed by atoms with Crippen molar-refractivity contribution in [2.45, 2.75) is 19.9 Å². The van der Waals surface area contributed by atoms with Crippen molar-refractivity contribution in [3.8, 4) is 5.75 Å². The van der Waals surface area contributed by atoms with Gasteiger partial charge in [-0.1, -0.05) is 13.0 Å². The van der Waals surface area contributed by atoms with Crippen molar-refractivity contribution in [2.75, 3.05) is 40.3 Å². The summed E-state index contributed by atoms with van der Waals surface area (Å²) in [4.78, 5) is 2.19. The van der Waals surface area contributed by atoms with Crippen LogP contribution in [0.3, 0.4) is 0 Å². The molecule has 1 heterocycles. The number of likely N-dealkylation sites (N-methyl/N-ethyl adjacent to an activating group) is 1. The normalized spacial score (nSPS) is 11.4. The lowest BCUT2D eigenvalue weighted by Crippen LogP contribution is -2.28. The molecule has 116 valence electrons. The van der Waals surface area contributed by atoms with Gasteiger partial charge in [-0.05, 0) is 38.7 Å². The van der Waals surface area contributed by atoms with E-state index in [2.05, 4.69) is 66.3 Å². The van der Waals surface area contributed by atoms with E-state index in [1.165, 1.54) is 10.9 Å². The topological polar surface area (TPSA) is 29.4 Å². The van der Waals surface area contributed by atoms with Crippen molar-refractivity contribution >= 4 is 10.9 Å². The molecule has 0 unspecified atom stereocenters. The maximum atomic E-state index is 5.82. The summed E-state index contributed by atoms with van der Waals surface area (Å²) >= 11 is 0. The van der Waals surface area contributed by atoms with Crippen molar-refractivity contribution < 1.29 is 4.74 Å². The molecule has 2 rings (SSSR count). The van der Waals surface area contributed by atoms with Crippen LogP contribution in [0.4, 0.5) is 0 Å². The smallest absolute Gasteiger partial charge is 0.128 e. The van der Waals surface area contributed by atoms with Crippen LogP contribution in [-0.2, 0) is 6.54 Å². The van der Waals surface area contributed by atoms with E-state index in [1.807, 2.05) is 0 Å². The Morgan fingerprint density at radius 2 is 2.05 bits per heavy atom. The average Bonchev–Trinajstić information content (AvgIpc) is 2.88. The highest BCUT2D eigenvalue weighted by molar-refractivity contribution is 5.86. The molecule has 21 heavy (non-hydrogen) atoms. The summed E-state index contributed by atoms with van der Waals surface area (Å²) in [5, 5.41) is 4.68. The van der Waals surface area contributed by atoms with E-state index >= 15 is 0 Å². The lowest BCUT2D eigenvalue weighted by atomic mass is 10.2. The van der Waals surface area contributed by atoms with Gasteiger partial charge in [0.15, 0.2) is 0 Å². The van der Waals surface area contributed by atoms with Crippen LogP contribution in [0.15, 0.2) is 30.5 Å². The molecule has 0 saturated heterocycles. The van der Waals surface area contributed by atoms with Gasteiger partial charge in [-0.25, -0.2) is 0 Å². The van der Waals surface area contributed by atoms with E-state index in [0.29, 0.717) is 0 Å². The SMILES string of the molecule is CCCOc1cccc2c1ccn2CCNCCN(C)C. The third-order valence-corrected chi connectivity index (χ3v) is 3.50. The minimum Gasteiger partial charge on any atom is -0.493 e. The van der Waals surface area contributed by atoms with Gasteiger partial charge in [-0.2, -0.15) is 0 Å². The number of benzene rings is 1. The molecule has 0 bridgehead atoms.